The van der Waals surface area contributed by atoms with E-state index in [4.69, 9.17) is 11.5 Å². The molecule has 0 saturated heterocycles. The summed E-state index contributed by atoms with van der Waals surface area (Å²) >= 11 is 2.87. The average Bonchev–Trinajstić information content (AvgIpc) is 2.73. The number of aryl methyl sites for hydroxylation is 2. The highest BCUT2D eigenvalue weighted by molar-refractivity contribution is 7.99. The number of aromatic nitrogens is 4. The van der Waals surface area contributed by atoms with Crippen LogP contribution in [0.2, 0.25) is 0 Å². The third-order valence-electron chi connectivity index (χ3n) is 3.47. The van der Waals surface area contributed by atoms with Crippen molar-refractivity contribution < 1.29 is 0 Å². The summed E-state index contributed by atoms with van der Waals surface area (Å²) in [5.74, 6) is 1.21. The first-order valence-corrected chi connectivity index (χ1v) is 8.61. The maximum absolute atomic E-state index is 12.3. The van der Waals surface area contributed by atoms with E-state index in [2.05, 4.69) is 19.9 Å². The fourth-order valence-electron chi connectivity index (χ4n) is 2.19. The number of nitrogen functional groups attached to an aromatic ring is 2. The number of H-pyrrole nitrogens is 1. The maximum Gasteiger partial charge on any atom is 0.259 e. The molecule has 0 aliphatic rings. The van der Waals surface area contributed by atoms with Gasteiger partial charge in [0.1, 0.15) is 22.3 Å². The topological polar surface area (TPSA) is 124 Å². The molecule has 0 bridgehead atoms. The fraction of sp³-hybridized carbons (Fsp3) is 0.286. The second-order valence-electron chi connectivity index (χ2n) is 5.17. The Kier molecular flexibility index (Phi) is 3.99. The van der Waals surface area contributed by atoms with Crippen LogP contribution in [0.1, 0.15) is 28.4 Å². The lowest BCUT2D eigenvalue weighted by Gasteiger charge is -2.10. The maximum atomic E-state index is 12.3. The summed E-state index contributed by atoms with van der Waals surface area (Å²) in [5.41, 5.74) is 12.2. The molecule has 5 N–H and O–H groups in total. The summed E-state index contributed by atoms with van der Waals surface area (Å²) in [5, 5.41) is 0.977. The summed E-state index contributed by atoms with van der Waals surface area (Å²) in [4.78, 5) is 29.9. The van der Waals surface area contributed by atoms with E-state index in [1.165, 1.54) is 29.2 Å². The molecule has 9 heteroatoms. The van der Waals surface area contributed by atoms with E-state index in [1.54, 1.807) is 0 Å². The van der Waals surface area contributed by atoms with Gasteiger partial charge in [0, 0.05) is 10.9 Å². The van der Waals surface area contributed by atoms with Crippen LogP contribution in [0.5, 0.6) is 0 Å². The first kappa shape index (κ1) is 15.8. The van der Waals surface area contributed by atoms with Gasteiger partial charge in [-0.2, -0.15) is 0 Å². The molecule has 3 aromatic rings. The highest BCUT2D eigenvalue weighted by atomic mass is 32.2. The highest BCUT2D eigenvalue weighted by Crippen LogP contribution is 2.33. The molecule has 0 aliphatic heterocycles. The van der Waals surface area contributed by atoms with E-state index in [0.29, 0.717) is 28.0 Å². The van der Waals surface area contributed by atoms with Crippen LogP contribution in [0, 0.1) is 13.8 Å². The van der Waals surface area contributed by atoms with Crippen molar-refractivity contribution in [3.63, 3.8) is 0 Å². The van der Waals surface area contributed by atoms with Gasteiger partial charge < -0.3 is 16.5 Å². The van der Waals surface area contributed by atoms with Gasteiger partial charge in [-0.15, -0.1) is 11.3 Å². The van der Waals surface area contributed by atoms with Gasteiger partial charge in [-0.25, -0.2) is 15.0 Å². The van der Waals surface area contributed by atoms with Crippen LogP contribution in [0.15, 0.2) is 16.0 Å². The molecular weight excluding hydrogens is 332 g/mol. The normalized spacial score (nSPS) is 12.7. The molecule has 0 saturated carbocycles. The predicted molar refractivity (Wildman–Crippen MR) is 94.8 cm³/mol. The lowest BCUT2D eigenvalue weighted by Crippen LogP contribution is -2.12. The average molecular weight is 348 g/mol. The summed E-state index contributed by atoms with van der Waals surface area (Å²) in [6.07, 6.45) is 0. The Morgan fingerprint density at radius 2 is 1.87 bits per heavy atom. The van der Waals surface area contributed by atoms with E-state index in [0.717, 1.165) is 15.3 Å². The van der Waals surface area contributed by atoms with E-state index in [1.807, 2.05) is 20.8 Å². The summed E-state index contributed by atoms with van der Waals surface area (Å²) in [6, 6.07) is 1.50. The minimum absolute atomic E-state index is 0.118. The molecule has 3 aromatic heterocycles. The van der Waals surface area contributed by atoms with E-state index in [9.17, 15) is 4.79 Å². The number of nitrogens with zero attached hydrogens (tertiary/aromatic N) is 3. The second-order valence-corrected chi connectivity index (χ2v) is 7.69. The van der Waals surface area contributed by atoms with Crippen molar-refractivity contribution in [1.29, 1.82) is 0 Å². The zero-order chi connectivity index (χ0) is 16.7. The SMILES string of the molecule is Cc1sc2nc(C(C)Sc3nc(N)cc(N)n3)[nH]c(=O)c2c1C. The second kappa shape index (κ2) is 5.82. The van der Waals surface area contributed by atoms with Crippen LogP contribution < -0.4 is 17.0 Å². The first-order chi connectivity index (χ1) is 10.8. The van der Waals surface area contributed by atoms with Gasteiger partial charge in [-0.1, -0.05) is 11.8 Å². The molecule has 0 spiro atoms. The largest absolute Gasteiger partial charge is 0.383 e. The van der Waals surface area contributed by atoms with Crippen LogP contribution in [-0.2, 0) is 0 Å². The monoisotopic (exact) mass is 348 g/mol. The number of rotatable bonds is 3. The van der Waals surface area contributed by atoms with Crippen LogP contribution >= 0.6 is 23.1 Å². The minimum atomic E-state index is -0.143. The van der Waals surface area contributed by atoms with E-state index >= 15 is 0 Å². The Labute approximate surface area is 140 Å². The number of nitrogens with one attached hydrogen (secondary N) is 1. The summed E-state index contributed by atoms with van der Waals surface area (Å²) < 4.78 is 0. The van der Waals surface area contributed by atoms with Crippen molar-refractivity contribution in [1.82, 2.24) is 19.9 Å². The Morgan fingerprint density at radius 3 is 2.52 bits per heavy atom. The molecule has 1 unspecified atom stereocenters. The van der Waals surface area contributed by atoms with Gasteiger partial charge in [0.15, 0.2) is 5.16 Å². The van der Waals surface area contributed by atoms with Gasteiger partial charge in [-0.05, 0) is 26.3 Å². The number of thiophene rings is 1. The third-order valence-corrected chi connectivity index (χ3v) is 5.54. The number of anilines is 2. The molecular formula is C14H16N6OS2. The number of aromatic amines is 1. The molecule has 1 atom stereocenters. The van der Waals surface area contributed by atoms with Crippen molar-refractivity contribution in [3.05, 3.63) is 32.7 Å². The van der Waals surface area contributed by atoms with Crippen molar-refractivity contribution in [2.24, 2.45) is 0 Å². The van der Waals surface area contributed by atoms with E-state index < -0.39 is 0 Å². The summed E-state index contributed by atoms with van der Waals surface area (Å²) in [7, 11) is 0. The molecule has 0 amide bonds. The van der Waals surface area contributed by atoms with Gasteiger partial charge in [0.05, 0.1) is 10.6 Å². The van der Waals surface area contributed by atoms with Gasteiger partial charge in [0.2, 0.25) is 0 Å². The van der Waals surface area contributed by atoms with Crippen molar-refractivity contribution in [2.45, 2.75) is 31.2 Å². The molecule has 3 rings (SSSR count). The number of hydrogen-bond donors (Lipinski definition) is 3. The molecule has 23 heavy (non-hydrogen) atoms. The molecule has 0 aliphatic carbocycles. The molecule has 7 nitrogen and oxygen atoms in total. The van der Waals surface area contributed by atoms with Gasteiger partial charge in [-0.3, -0.25) is 4.79 Å². The standard InChI is InChI=1S/C14H16N6OS2/c1-5-6(2)22-13-10(5)12(21)19-11(20-13)7(3)23-14-17-8(15)4-9(16)18-14/h4,7H,1-3H3,(H,19,20,21)(H4,15,16,17,18). The highest BCUT2D eigenvalue weighted by Gasteiger charge is 2.17. The Balaban J connectivity index is 1.97. The smallest absolute Gasteiger partial charge is 0.259 e. The van der Waals surface area contributed by atoms with Crippen LogP contribution in [0.3, 0.4) is 0 Å². The molecule has 0 aromatic carbocycles. The lowest BCUT2D eigenvalue weighted by molar-refractivity contribution is 0.906. The Hall–Kier alpha value is -2.13. The van der Waals surface area contributed by atoms with Crippen molar-refractivity contribution in [3.8, 4) is 0 Å². The van der Waals surface area contributed by atoms with Crippen LogP contribution in [-0.4, -0.2) is 19.9 Å². The first-order valence-electron chi connectivity index (χ1n) is 6.91. The number of hydrogen-bond acceptors (Lipinski definition) is 8. The van der Waals surface area contributed by atoms with Gasteiger partial charge >= 0.3 is 0 Å². The fourth-order valence-corrected chi connectivity index (χ4v) is 4.09. The predicted octanol–water partition coefficient (Wildman–Crippen LogP) is 2.41. The molecule has 0 radical (unpaired) electrons. The summed E-state index contributed by atoms with van der Waals surface area (Å²) in [6.45, 7) is 5.85. The van der Waals surface area contributed by atoms with Crippen molar-refractivity contribution >= 4 is 45.0 Å². The number of fused-ring (bicyclic) bond motifs is 1. The zero-order valence-electron chi connectivity index (χ0n) is 12.9. The number of nitrogens with two attached hydrogens (primary N) is 2. The number of thioether (sulfide) groups is 1. The zero-order valence-corrected chi connectivity index (χ0v) is 14.5. The Bertz CT molecular complexity index is 928. The molecule has 120 valence electrons. The lowest BCUT2D eigenvalue weighted by atomic mass is 10.2. The minimum Gasteiger partial charge on any atom is -0.383 e. The van der Waals surface area contributed by atoms with Crippen LogP contribution in [0.4, 0.5) is 11.6 Å². The van der Waals surface area contributed by atoms with Gasteiger partial charge in [0.25, 0.3) is 5.56 Å². The van der Waals surface area contributed by atoms with Crippen LogP contribution in [0.25, 0.3) is 10.2 Å². The Morgan fingerprint density at radius 1 is 1.22 bits per heavy atom. The van der Waals surface area contributed by atoms with Crippen molar-refractivity contribution in [2.75, 3.05) is 11.5 Å². The molecule has 3 heterocycles. The quantitative estimate of drug-likeness (QED) is 0.490. The van der Waals surface area contributed by atoms with E-state index in [-0.39, 0.29) is 10.8 Å². The molecule has 0 fully saturated rings. The third kappa shape index (κ3) is 3.02.